The van der Waals surface area contributed by atoms with Crippen molar-refractivity contribution in [1.29, 1.82) is 0 Å². The van der Waals surface area contributed by atoms with Crippen molar-refractivity contribution < 1.29 is 8.42 Å². The molecule has 2 heterocycles. The zero-order chi connectivity index (χ0) is 13.9. The summed E-state index contributed by atoms with van der Waals surface area (Å²) in [6.07, 6.45) is 6.24. The van der Waals surface area contributed by atoms with E-state index in [1.54, 1.807) is 18.6 Å². The first-order chi connectivity index (χ1) is 9.00. The van der Waals surface area contributed by atoms with Gasteiger partial charge in [-0.15, -0.1) is 0 Å². The normalized spacial score (nSPS) is 11.5. The van der Waals surface area contributed by atoms with Gasteiger partial charge in [0.2, 0.25) is 0 Å². The van der Waals surface area contributed by atoms with E-state index in [0.717, 1.165) is 24.2 Å². The molecule has 1 N–H and O–H groups in total. The van der Waals surface area contributed by atoms with Gasteiger partial charge < -0.3 is 9.88 Å². The molecule has 2 aromatic rings. The number of hydrogen-bond acceptors (Lipinski definition) is 5. The standard InChI is InChI=1S/C12H16N4O2S/c1-3-16-9-13-7-11(16)8-14-10-4-5-12(15-6-10)19(2,17)18/h4-7,9,14H,3,8H2,1-2H3. The zero-order valence-electron chi connectivity index (χ0n) is 10.9. The molecule has 19 heavy (non-hydrogen) atoms. The van der Waals surface area contributed by atoms with Gasteiger partial charge in [-0.1, -0.05) is 0 Å². The Bertz CT molecular complexity index is 647. The Hall–Kier alpha value is -1.89. The molecule has 0 radical (unpaired) electrons. The van der Waals surface area contributed by atoms with E-state index in [0.29, 0.717) is 6.54 Å². The summed E-state index contributed by atoms with van der Waals surface area (Å²) in [6, 6.07) is 3.20. The molecular formula is C12H16N4O2S. The molecule has 2 aromatic heterocycles. The highest BCUT2D eigenvalue weighted by molar-refractivity contribution is 7.90. The van der Waals surface area contributed by atoms with Gasteiger partial charge in [0.05, 0.1) is 30.5 Å². The van der Waals surface area contributed by atoms with Gasteiger partial charge >= 0.3 is 0 Å². The summed E-state index contributed by atoms with van der Waals surface area (Å²) in [6.45, 7) is 3.53. The molecule has 0 spiro atoms. The molecule has 0 aliphatic carbocycles. The van der Waals surface area contributed by atoms with E-state index in [9.17, 15) is 8.42 Å². The largest absolute Gasteiger partial charge is 0.378 e. The number of hydrogen-bond donors (Lipinski definition) is 1. The molecular weight excluding hydrogens is 264 g/mol. The maximum atomic E-state index is 11.3. The Morgan fingerprint density at radius 3 is 2.68 bits per heavy atom. The number of aryl methyl sites for hydroxylation is 1. The van der Waals surface area contributed by atoms with Gasteiger partial charge in [-0.3, -0.25) is 0 Å². The molecule has 0 bridgehead atoms. The second-order valence-electron chi connectivity index (χ2n) is 4.18. The minimum Gasteiger partial charge on any atom is -0.378 e. The first-order valence-electron chi connectivity index (χ1n) is 5.89. The zero-order valence-corrected chi connectivity index (χ0v) is 11.7. The van der Waals surface area contributed by atoms with Gasteiger partial charge in [0, 0.05) is 19.0 Å². The van der Waals surface area contributed by atoms with Crippen LogP contribution in [-0.2, 0) is 22.9 Å². The van der Waals surface area contributed by atoms with Crippen LogP contribution in [0.3, 0.4) is 0 Å². The van der Waals surface area contributed by atoms with Crippen molar-refractivity contribution in [2.75, 3.05) is 11.6 Å². The molecule has 6 nitrogen and oxygen atoms in total. The Kier molecular flexibility index (Phi) is 3.84. The highest BCUT2D eigenvalue weighted by Gasteiger charge is 2.08. The first-order valence-corrected chi connectivity index (χ1v) is 7.79. The van der Waals surface area contributed by atoms with Crippen LogP contribution in [0.5, 0.6) is 0 Å². The van der Waals surface area contributed by atoms with Crippen molar-refractivity contribution in [3.05, 3.63) is 36.5 Å². The smallest absolute Gasteiger partial charge is 0.192 e. The molecule has 102 valence electrons. The van der Waals surface area contributed by atoms with Gasteiger partial charge in [-0.05, 0) is 19.1 Å². The van der Waals surface area contributed by atoms with Crippen LogP contribution in [0, 0.1) is 0 Å². The average Bonchev–Trinajstić information content (AvgIpc) is 2.83. The lowest BCUT2D eigenvalue weighted by Gasteiger charge is -2.08. The highest BCUT2D eigenvalue weighted by Crippen LogP contribution is 2.11. The van der Waals surface area contributed by atoms with E-state index in [1.165, 1.54) is 12.3 Å². The van der Waals surface area contributed by atoms with E-state index in [4.69, 9.17) is 0 Å². The van der Waals surface area contributed by atoms with Crippen LogP contribution in [0.1, 0.15) is 12.6 Å². The lowest BCUT2D eigenvalue weighted by molar-refractivity contribution is 0.598. The summed E-state index contributed by atoms with van der Waals surface area (Å²) < 4.78 is 24.6. The summed E-state index contributed by atoms with van der Waals surface area (Å²) >= 11 is 0. The van der Waals surface area contributed by atoms with E-state index in [-0.39, 0.29) is 5.03 Å². The highest BCUT2D eigenvalue weighted by atomic mass is 32.2. The third-order valence-corrected chi connectivity index (χ3v) is 3.73. The third kappa shape index (κ3) is 3.31. The number of nitrogens with zero attached hydrogens (tertiary/aromatic N) is 3. The second-order valence-corrected chi connectivity index (χ2v) is 6.14. The second kappa shape index (κ2) is 5.40. The fourth-order valence-electron chi connectivity index (χ4n) is 1.68. The molecule has 0 aromatic carbocycles. The minimum absolute atomic E-state index is 0.0802. The van der Waals surface area contributed by atoms with Gasteiger partial charge in [-0.2, -0.15) is 0 Å². The average molecular weight is 280 g/mol. The summed E-state index contributed by atoms with van der Waals surface area (Å²) in [5.74, 6) is 0. The maximum Gasteiger partial charge on any atom is 0.192 e. The van der Waals surface area contributed by atoms with E-state index in [2.05, 4.69) is 15.3 Å². The lowest BCUT2D eigenvalue weighted by Crippen LogP contribution is -2.07. The van der Waals surface area contributed by atoms with Gasteiger partial charge in [0.25, 0.3) is 0 Å². The van der Waals surface area contributed by atoms with Crippen molar-refractivity contribution in [3.63, 3.8) is 0 Å². The molecule has 0 atom stereocenters. The first kappa shape index (κ1) is 13.5. The lowest BCUT2D eigenvalue weighted by atomic mass is 10.4. The van der Waals surface area contributed by atoms with Crippen molar-refractivity contribution in [3.8, 4) is 0 Å². The van der Waals surface area contributed by atoms with E-state index < -0.39 is 9.84 Å². The molecule has 0 aliphatic rings. The molecule has 0 unspecified atom stereocenters. The molecule has 0 saturated heterocycles. The van der Waals surface area contributed by atoms with Gasteiger partial charge in [0.15, 0.2) is 14.9 Å². The predicted octanol–water partition coefficient (Wildman–Crippen LogP) is 1.31. The van der Waals surface area contributed by atoms with Crippen LogP contribution in [0.4, 0.5) is 5.69 Å². The molecule has 0 saturated carbocycles. The number of anilines is 1. The number of sulfone groups is 1. The van der Waals surface area contributed by atoms with Crippen molar-refractivity contribution >= 4 is 15.5 Å². The predicted molar refractivity (Wildman–Crippen MR) is 72.6 cm³/mol. The van der Waals surface area contributed by atoms with Crippen LogP contribution in [0.2, 0.25) is 0 Å². The van der Waals surface area contributed by atoms with Crippen LogP contribution < -0.4 is 5.32 Å². The summed E-state index contributed by atoms with van der Waals surface area (Å²) in [7, 11) is -3.24. The summed E-state index contributed by atoms with van der Waals surface area (Å²) in [4.78, 5) is 8.00. The van der Waals surface area contributed by atoms with Crippen molar-refractivity contribution in [1.82, 2.24) is 14.5 Å². The monoisotopic (exact) mass is 280 g/mol. The Labute approximate surface area is 112 Å². The van der Waals surface area contributed by atoms with Crippen LogP contribution in [0.15, 0.2) is 35.9 Å². The number of nitrogens with one attached hydrogen (secondary N) is 1. The number of imidazole rings is 1. The number of rotatable bonds is 5. The SMILES string of the molecule is CCn1cncc1CNc1ccc(S(C)(=O)=O)nc1. The Morgan fingerprint density at radius 1 is 1.32 bits per heavy atom. The maximum absolute atomic E-state index is 11.3. The summed E-state index contributed by atoms with van der Waals surface area (Å²) in [5, 5.41) is 3.26. The van der Waals surface area contributed by atoms with Gasteiger partial charge in [-0.25, -0.2) is 18.4 Å². The van der Waals surface area contributed by atoms with Crippen molar-refractivity contribution in [2.24, 2.45) is 0 Å². The molecule has 0 fully saturated rings. The fraction of sp³-hybridized carbons (Fsp3) is 0.333. The number of aromatic nitrogens is 3. The number of pyridine rings is 1. The van der Waals surface area contributed by atoms with E-state index in [1.807, 2.05) is 11.5 Å². The van der Waals surface area contributed by atoms with Crippen LogP contribution in [0.25, 0.3) is 0 Å². The Morgan fingerprint density at radius 2 is 2.11 bits per heavy atom. The van der Waals surface area contributed by atoms with E-state index >= 15 is 0 Å². The molecule has 0 amide bonds. The quantitative estimate of drug-likeness (QED) is 0.893. The fourth-order valence-corrected chi connectivity index (χ4v) is 2.24. The van der Waals surface area contributed by atoms with Crippen LogP contribution in [-0.4, -0.2) is 29.2 Å². The third-order valence-electron chi connectivity index (χ3n) is 2.73. The van der Waals surface area contributed by atoms with Crippen molar-refractivity contribution in [2.45, 2.75) is 25.0 Å². The topological polar surface area (TPSA) is 76.9 Å². The Balaban J connectivity index is 2.05. The van der Waals surface area contributed by atoms with Gasteiger partial charge in [0.1, 0.15) is 0 Å². The minimum atomic E-state index is -3.24. The molecule has 7 heteroatoms. The summed E-state index contributed by atoms with van der Waals surface area (Å²) in [5.41, 5.74) is 1.84. The van der Waals surface area contributed by atoms with Crippen LogP contribution >= 0.6 is 0 Å². The molecule has 0 aliphatic heterocycles. The molecule has 2 rings (SSSR count).